The minimum Gasteiger partial charge on any atom is -0.463 e. The van der Waals surface area contributed by atoms with Gasteiger partial charge >= 0.3 is 6.36 Å². The molecule has 0 radical (unpaired) electrons. The van der Waals surface area contributed by atoms with Gasteiger partial charge in [0.25, 0.3) is 5.91 Å². The predicted octanol–water partition coefficient (Wildman–Crippen LogP) is 3.59. The van der Waals surface area contributed by atoms with Crippen LogP contribution < -0.4 is 10.5 Å². The quantitative estimate of drug-likeness (QED) is 0.714. The number of carbonyl (C=O) groups excluding carboxylic acids is 1. The van der Waals surface area contributed by atoms with E-state index < -0.39 is 12.4 Å². The third-order valence-electron chi connectivity index (χ3n) is 4.64. The molecule has 0 bridgehead atoms. The lowest BCUT2D eigenvalue weighted by atomic mass is 10.0. The SMILES string of the molecule is CN1C(=O)c2c(-c3ccco3)nc(N)nc2C1Cc1ccccc1OC(F)(F)F. The molecular formula is C19H15F3N4O3. The van der Waals surface area contributed by atoms with Crippen LogP contribution in [0.5, 0.6) is 5.75 Å². The molecule has 150 valence electrons. The van der Waals surface area contributed by atoms with Crippen molar-refractivity contribution in [1.29, 1.82) is 0 Å². The summed E-state index contributed by atoms with van der Waals surface area (Å²) < 4.78 is 47.7. The molecule has 1 aliphatic heterocycles. The van der Waals surface area contributed by atoms with Crippen LogP contribution in [0.3, 0.4) is 0 Å². The normalized spacial score (nSPS) is 16.2. The number of furan rings is 1. The molecule has 0 fully saturated rings. The second-order valence-corrected chi connectivity index (χ2v) is 6.46. The number of nitrogen functional groups attached to an aromatic ring is 1. The minimum absolute atomic E-state index is 0.0511. The van der Waals surface area contributed by atoms with Crippen LogP contribution >= 0.6 is 0 Å². The van der Waals surface area contributed by atoms with Gasteiger partial charge in [-0.15, -0.1) is 13.2 Å². The van der Waals surface area contributed by atoms with E-state index in [1.165, 1.54) is 29.4 Å². The summed E-state index contributed by atoms with van der Waals surface area (Å²) in [5.74, 6) is -0.421. The molecule has 1 amide bonds. The standard InChI is InChI=1S/C19H15F3N4O3/c1-26-11(9-10-5-2-3-6-12(10)29-19(20,21)22)15-14(17(26)27)16(25-18(23)24-15)13-7-4-8-28-13/h2-8,11H,9H2,1H3,(H2,23,24,25). The Hall–Kier alpha value is -3.56. The number of halogens is 3. The molecule has 1 aliphatic rings. The number of hydrogen-bond acceptors (Lipinski definition) is 6. The third-order valence-corrected chi connectivity index (χ3v) is 4.64. The number of nitrogens with two attached hydrogens (primary N) is 1. The molecule has 1 atom stereocenters. The number of nitrogens with zero attached hydrogens (tertiary/aromatic N) is 3. The molecule has 2 N–H and O–H groups in total. The van der Waals surface area contributed by atoms with Gasteiger partial charge in [0.15, 0.2) is 5.76 Å². The van der Waals surface area contributed by atoms with Gasteiger partial charge in [0.1, 0.15) is 11.4 Å². The third kappa shape index (κ3) is 3.48. The van der Waals surface area contributed by atoms with Crippen molar-refractivity contribution >= 4 is 11.9 Å². The topological polar surface area (TPSA) is 94.5 Å². The first kappa shape index (κ1) is 18.8. The Morgan fingerprint density at radius 3 is 2.66 bits per heavy atom. The molecule has 10 heteroatoms. The summed E-state index contributed by atoms with van der Waals surface area (Å²) in [6, 6.07) is 8.41. The Labute approximate surface area is 162 Å². The minimum atomic E-state index is -4.83. The average Bonchev–Trinajstić information content (AvgIpc) is 3.25. The summed E-state index contributed by atoms with van der Waals surface area (Å²) in [5, 5.41) is 0. The van der Waals surface area contributed by atoms with Crippen LogP contribution in [0.15, 0.2) is 47.1 Å². The van der Waals surface area contributed by atoms with Gasteiger partial charge in [-0.1, -0.05) is 18.2 Å². The van der Waals surface area contributed by atoms with Crippen molar-refractivity contribution < 1.29 is 27.1 Å². The second kappa shape index (κ2) is 6.80. The Bertz CT molecular complexity index is 1070. The fourth-order valence-electron chi connectivity index (χ4n) is 3.38. The lowest BCUT2D eigenvalue weighted by molar-refractivity contribution is -0.274. The summed E-state index contributed by atoms with van der Waals surface area (Å²) in [6.45, 7) is 0. The number of likely N-dealkylation sites (N-methyl/N-ethyl adjacent to an activating group) is 1. The highest BCUT2D eigenvalue weighted by Crippen LogP contribution is 2.40. The van der Waals surface area contributed by atoms with Crippen molar-refractivity contribution in [3.63, 3.8) is 0 Å². The lowest BCUT2D eigenvalue weighted by Crippen LogP contribution is -2.25. The van der Waals surface area contributed by atoms with E-state index in [0.29, 0.717) is 11.5 Å². The van der Waals surface area contributed by atoms with Gasteiger partial charge in [0, 0.05) is 13.5 Å². The molecule has 3 aromatic rings. The van der Waals surface area contributed by atoms with E-state index in [4.69, 9.17) is 10.2 Å². The van der Waals surface area contributed by atoms with Gasteiger partial charge in [-0.25, -0.2) is 9.97 Å². The smallest absolute Gasteiger partial charge is 0.463 e. The second-order valence-electron chi connectivity index (χ2n) is 6.46. The van der Waals surface area contributed by atoms with Gasteiger partial charge in [-0.3, -0.25) is 4.79 Å². The zero-order valence-corrected chi connectivity index (χ0v) is 15.1. The molecule has 2 aromatic heterocycles. The number of ether oxygens (including phenoxy) is 1. The van der Waals surface area contributed by atoms with E-state index in [2.05, 4.69) is 14.7 Å². The van der Waals surface area contributed by atoms with E-state index in [-0.39, 0.29) is 40.8 Å². The fourth-order valence-corrected chi connectivity index (χ4v) is 3.38. The maximum Gasteiger partial charge on any atom is 0.573 e. The van der Waals surface area contributed by atoms with Crippen LogP contribution in [0, 0.1) is 0 Å². The number of fused-ring (bicyclic) bond motifs is 1. The van der Waals surface area contributed by atoms with Crippen molar-refractivity contribution in [3.05, 3.63) is 59.5 Å². The highest BCUT2D eigenvalue weighted by atomic mass is 19.4. The van der Waals surface area contributed by atoms with E-state index >= 15 is 0 Å². The summed E-state index contributed by atoms with van der Waals surface area (Å²) in [5.41, 5.74) is 6.90. The van der Waals surface area contributed by atoms with Gasteiger partial charge in [0.2, 0.25) is 5.95 Å². The monoisotopic (exact) mass is 404 g/mol. The number of alkyl halides is 3. The molecule has 0 aliphatic carbocycles. The number of benzene rings is 1. The Kier molecular flexibility index (Phi) is 4.40. The van der Waals surface area contributed by atoms with Crippen molar-refractivity contribution in [2.45, 2.75) is 18.8 Å². The maximum atomic E-state index is 12.9. The van der Waals surface area contributed by atoms with Crippen LogP contribution in [0.25, 0.3) is 11.5 Å². The highest BCUT2D eigenvalue weighted by Gasteiger charge is 2.40. The van der Waals surface area contributed by atoms with Crippen LogP contribution in [0.2, 0.25) is 0 Å². The summed E-state index contributed by atoms with van der Waals surface area (Å²) >= 11 is 0. The van der Waals surface area contributed by atoms with Crippen molar-refractivity contribution in [3.8, 4) is 17.2 Å². The first-order chi connectivity index (χ1) is 13.7. The molecule has 4 rings (SSSR count). The lowest BCUT2D eigenvalue weighted by Gasteiger charge is -2.21. The molecular weight excluding hydrogens is 389 g/mol. The molecule has 3 heterocycles. The largest absolute Gasteiger partial charge is 0.573 e. The molecule has 0 saturated carbocycles. The van der Waals surface area contributed by atoms with E-state index in [9.17, 15) is 18.0 Å². The first-order valence-corrected chi connectivity index (χ1v) is 8.56. The van der Waals surface area contributed by atoms with Gasteiger partial charge in [-0.05, 0) is 23.8 Å². The van der Waals surface area contributed by atoms with E-state index in [0.717, 1.165) is 0 Å². The van der Waals surface area contributed by atoms with Gasteiger partial charge in [-0.2, -0.15) is 0 Å². The van der Waals surface area contributed by atoms with E-state index in [1.54, 1.807) is 25.2 Å². The number of hydrogen-bond donors (Lipinski definition) is 1. The van der Waals surface area contributed by atoms with Crippen LogP contribution in [-0.4, -0.2) is 34.2 Å². The summed E-state index contributed by atoms with van der Waals surface area (Å²) in [4.78, 5) is 22.6. The van der Waals surface area contributed by atoms with Crippen LogP contribution in [-0.2, 0) is 6.42 Å². The van der Waals surface area contributed by atoms with E-state index in [1.807, 2.05) is 0 Å². The van der Waals surface area contributed by atoms with Crippen molar-refractivity contribution in [1.82, 2.24) is 14.9 Å². The molecule has 1 unspecified atom stereocenters. The van der Waals surface area contributed by atoms with Crippen LogP contribution in [0.4, 0.5) is 19.1 Å². The average molecular weight is 404 g/mol. The maximum absolute atomic E-state index is 12.9. The zero-order valence-electron chi connectivity index (χ0n) is 15.1. The molecule has 0 saturated heterocycles. The Balaban J connectivity index is 1.77. The zero-order chi connectivity index (χ0) is 20.8. The molecule has 0 spiro atoms. The number of rotatable bonds is 4. The van der Waals surface area contributed by atoms with Crippen LogP contribution in [0.1, 0.15) is 27.7 Å². The predicted molar refractivity (Wildman–Crippen MR) is 95.8 cm³/mol. The summed E-state index contributed by atoms with van der Waals surface area (Å²) in [6.07, 6.45) is -3.34. The number of anilines is 1. The molecule has 7 nitrogen and oxygen atoms in total. The first-order valence-electron chi connectivity index (χ1n) is 8.56. The van der Waals surface area contributed by atoms with Crippen molar-refractivity contribution in [2.75, 3.05) is 12.8 Å². The fraction of sp³-hybridized carbons (Fsp3) is 0.211. The molecule has 29 heavy (non-hydrogen) atoms. The Morgan fingerprint density at radius 2 is 1.97 bits per heavy atom. The Morgan fingerprint density at radius 1 is 1.21 bits per heavy atom. The number of aromatic nitrogens is 2. The highest BCUT2D eigenvalue weighted by molar-refractivity contribution is 6.03. The summed E-state index contributed by atoms with van der Waals surface area (Å²) in [7, 11) is 1.55. The number of amides is 1. The number of carbonyl (C=O) groups is 1. The van der Waals surface area contributed by atoms with Gasteiger partial charge in [0.05, 0.1) is 23.6 Å². The molecule has 1 aromatic carbocycles. The van der Waals surface area contributed by atoms with Crippen molar-refractivity contribution in [2.24, 2.45) is 0 Å². The number of para-hydroxylation sites is 1. The van der Waals surface area contributed by atoms with Gasteiger partial charge < -0.3 is 19.8 Å².